The second-order valence-corrected chi connectivity index (χ2v) is 6.78. The minimum Gasteiger partial charge on any atom is -0.469 e. The number of aromatic nitrogens is 1. The molecule has 0 aliphatic heterocycles. The van der Waals surface area contributed by atoms with Gasteiger partial charge in [0.15, 0.2) is 0 Å². The maximum absolute atomic E-state index is 12.2. The Bertz CT molecular complexity index is 773. The van der Waals surface area contributed by atoms with Gasteiger partial charge in [-0.25, -0.2) is 4.79 Å². The molecule has 7 nitrogen and oxygen atoms in total. The molecule has 0 amide bonds. The first-order chi connectivity index (χ1) is 11.6. The van der Waals surface area contributed by atoms with E-state index in [0.29, 0.717) is 16.5 Å². The van der Waals surface area contributed by atoms with Crippen LogP contribution in [0.3, 0.4) is 0 Å². The molecule has 0 saturated carbocycles. The van der Waals surface area contributed by atoms with E-state index in [1.807, 2.05) is 0 Å². The lowest BCUT2D eigenvalue weighted by atomic mass is 10.0. The Balaban J connectivity index is 2.24. The summed E-state index contributed by atoms with van der Waals surface area (Å²) < 4.78 is 11.2. The summed E-state index contributed by atoms with van der Waals surface area (Å²) in [5.74, 6) is -0.608. The molecular weight excluding hydrogens is 326 g/mol. The molecule has 2 N–H and O–H groups in total. The lowest BCUT2D eigenvalue weighted by Crippen LogP contribution is -2.26. The number of benzene rings is 1. The smallest absolute Gasteiger partial charge is 0.418 e. The highest BCUT2D eigenvalue weighted by atomic mass is 16.6. The van der Waals surface area contributed by atoms with Gasteiger partial charge in [0.25, 0.3) is 0 Å². The predicted molar refractivity (Wildman–Crippen MR) is 91.2 cm³/mol. The van der Waals surface area contributed by atoms with Crippen LogP contribution in [0.25, 0.3) is 10.9 Å². The number of hydrogen-bond donors (Lipinski definition) is 2. The molecule has 0 aliphatic carbocycles. The third kappa shape index (κ3) is 4.58. The van der Waals surface area contributed by atoms with Crippen LogP contribution in [0.2, 0.25) is 0 Å². The summed E-state index contributed by atoms with van der Waals surface area (Å²) in [5, 5.41) is 20.8. The molecule has 2 atom stereocenters. The van der Waals surface area contributed by atoms with Gasteiger partial charge in [-0.3, -0.25) is 9.36 Å². The van der Waals surface area contributed by atoms with E-state index in [4.69, 9.17) is 4.74 Å². The molecule has 0 radical (unpaired) electrons. The molecular formula is C18H23NO6. The van der Waals surface area contributed by atoms with Crippen LogP contribution in [0.4, 0.5) is 4.79 Å². The van der Waals surface area contributed by atoms with Crippen LogP contribution in [-0.4, -0.2) is 45.7 Å². The Morgan fingerprint density at radius 1 is 1.20 bits per heavy atom. The molecule has 1 aromatic heterocycles. The fourth-order valence-corrected chi connectivity index (χ4v) is 2.40. The molecule has 0 saturated heterocycles. The van der Waals surface area contributed by atoms with E-state index < -0.39 is 29.9 Å². The van der Waals surface area contributed by atoms with Crippen molar-refractivity contribution in [2.45, 2.75) is 45.0 Å². The molecule has 2 rings (SSSR count). The first kappa shape index (κ1) is 19.0. The van der Waals surface area contributed by atoms with Crippen LogP contribution in [0.15, 0.2) is 30.5 Å². The van der Waals surface area contributed by atoms with E-state index in [9.17, 15) is 19.8 Å². The van der Waals surface area contributed by atoms with Gasteiger partial charge in [0.05, 0.1) is 25.2 Å². The molecule has 25 heavy (non-hydrogen) atoms. The number of methoxy groups -OCH3 is 1. The van der Waals surface area contributed by atoms with E-state index in [0.717, 1.165) is 0 Å². The van der Waals surface area contributed by atoms with Gasteiger partial charge >= 0.3 is 12.1 Å². The maximum Gasteiger partial charge on any atom is 0.418 e. The van der Waals surface area contributed by atoms with Crippen molar-refractivity contribution in [2.24, 2.45) is 0 Å². The molecule has 0 bridgehead atoms. The summed E-state index contributed by atoms with van der Waals surface area (Å²) in [6.45, 7) is 5.36. The fraction of sp³-hybridized carbons (Fsp3) is 0.444. The number of nitrogens with zero attached hydrogens (tertiary/aromatic N) is 1. The number of carbonyl (C=O) groups is 2. The summed E-state index contributed by atoms with van der Waals surface area (Å²) >= 11 is 0. The maximum atomic E-state index is 12.2. The quantitative estimate of drug-likeness (QED) is 0.823. The van der Waals surface area contributed by atoms with Crippen molar-refractivity contribution in [1.29, 1.82) is 0 Å². The highest BCUT2D eigenvalue weighted by molar-refractivity contribution is 5.90. The zero-order valence-electron chi connectivity index (χ0n) is 14.7. The highest BCUT2D eigenvalue weighted by Gasteiger charge is 2.23. The Hall–Kier alpha value is -2.38. The molecule has 2 aromatic rings. The van der Waals surface area contributed by atoms with E-state index in [-0.39, 0.29) is 6.42 Å². The third-order valence-electron chi connectivity index (χ3n) is 3.61. The summed E-state index contributed by atoms with van der Waals surface area (Å²) in [4.78, 5) is 23.4. The van der Waals surface area contributed by atoms with E-state index in [2.05, 4.69) is 4.74 Å². The number of carbonyl (C=O) groups excluding carboxylic acids is 2. The van der Waals surface area contributed by atoms with Gasteiger partial charge in [0.2, 0.25) is 0 Å². The third-order valence-corrected chi connectivity index (χ3v) is 3.61. The van der Waals surface area contributed by atoms with Crippen molar-refractivity contribution in [1.82, 2.24) is 4.57 Å². The van der Waals surface area contributed by atoms with Crippen molar-refractivity contribution in [3.05, 3.63) is 36.0 Å². The molecule has 1 aromatic carbocycles. The summed E-state index contributed by atoms with van der Waals surface area (Å²) in [7, 11) is 1.22. The Morgan fingerprint density at radius 2 is 1.88 bits per heavy atom. The fourth-order valence-electron chi connectivity index (χ4n) is 2.40. The van der Waals surface area contributed by atoms with Crippen LogP contribution in [0.1, 0.15) is 38.9 Å². The topological polar surface area (TPSA) is 98.0 Å². The number of hydrogen-bond acceptors (Lipinski definition) is 6. The normalized spacial score (nSPS) is 14.2. The molecule has 0 spiro atoms. The minimum absolute atomic E-state index is 0.311. The van der Waals surface area contributed by atoms with Gasteiger partial charge in [-0.15, -0.1) is 0 Å². The molecule has 0 aliphatic rings. The van der Waals surface area contributed by atoms with Crippen LogP contribution >= 0.6 is 0 Å². The summed E-state index contributed by atoms with van der Waals surface area (Å²) in [6.07, 6.45) is -1.75. The van der Waals surface area contributed by atoms with Gasteiger partial charge in [-0.2, -0.15) is 0 Å². The number of fused-ring (bicyclic) bond motifs is 1. The first-order valence-corrected chi connectivity index (χ1v) is 7.89. The van der Waals surface area contributed by atoms with Gasteiger partial charge in [-0.1, -0.05) is 6.07 Å². The van der Waals surface area contributed by atoms with Crippen molar-refractivity contribution in [3.63, 3.8) is 0 Å². The molecule has 136 valence electrons. The van der Waals surface area contributed by atoms with Crippen molar-refractivity contribution >= 4 is 23.0 Å². The zero-order chi connectivity index (χ0) is 18.8. The lowest BCUT2D eigenvalue weighted by molar-refractivity contribution is -0.144. The van der Waals surface area contributed by atoms with Crippen LogP contribution in [0.5, 0.6) is 0 Å². The second kappa shape index (κ2) is 7.25. The SMILES string of the molecule is COC(=O)CC(O)C(O)c1ccc2c(ccn2C(=O)OC(C)(C)C)c1. The van der Waals surface area contributed by atoms with Gasteiger partial charge in [0, 0.05) is 11.6 Å². The summed E-state index contributed by atoms with van der Waals surface area (Å²) in [5.41, 5.74) is 0.445. The van der Waals surface area contributed by atoms with Crippen LogP contribution < -0.4 is 0 Å². The summed E-state index contributed by atoms with van der Waals surface area (Å²) in [6, 6.07) is 6.61. The van der Waals surface area contributed by atoms with Gasteiger partial charge < -0.3 is 19.7 Å². The number of esters is 1. The Kier molecular flexibility index (Phi) is 5.49. The molecule has 0 fully saturated rings. The van der Waals surface area contributed by atoms with Crippen molar-refractivity contribution in [3.8, 4) is 0 Å². The average molecular weight is 349 g/mol. The van der Waals surface area contributed by atoms with Crippen molar-refractivity contribution in [2.75, 3.05) is 7.11 Å². The van der Waals surface area contributed by atoms with Crippen LogP contribution in [0, 0.1) is 0 Å². The van der Waals surface area contributed by atoms with Gasteiger partial charge in [0.1, 0.15) is 11.7 Å². The zero-order valence-corrected chi connectivity index (χ0v) is 14.7. The second-order valence-electron chi connectivity index (χ2n) is 6.78. The number of rotatable bonds is 4. The largest absolute Gasteiger partial charge is 0.469 e. The lowest BCUT2D eigenvalue weighted by Gasteiger charge is -2.20. The van der Waals surface area contributed by atoms with Crippen LogP contribution in [-0.2, 0) is 14.3 Å². The average Bonchev–Trinajstić information content (AvgIpc) is 2.95. The molecule has 7 heteroatoms. The number of aliphatic hydroxyl groups excluding tert-OH is 2. The van der Waals surface area contributed by atoms with E-state index >= 15 is 0 Å². The minimum atomic E-state index is -1.28. The Labute approximate surface area is 145 Å². The first-order valence-electron chi connectivity index (χ1n) is 7.89. The monoisotopic (exact) mass is 349 g/mol. The van der Waals surface area contributed by atoms with Crippen molar-refractivity contribution < 1.29 is 29.3 Å². The van der Waals surface area contributed by atoms with Gasteiger partial charge in [-0.05, 0) is 44.5 Å². The standard InChI is InChI=1S/C18H23NO6/c1-18(2,3)25-17(23)19-8-7-11-9-12(5-6-13(11)19)16(22)14(20)10-15(21)24-4/h5-9,14,16,20,22H,10H2,1-4H3. The Morgan fingerprint density at radius 3 is 2.48 bits per heavy atom. The van der Waals surface area contributed by atoms with E-state index in [1.54, 1.807) is 51.2 Å². The molecule has 2 unspecified atom stereocenters. The predicted octanol–water partition coefficient (Wildman–Crippen LogP) is 2.38. The highest BCUT2D eigenvalue weighted by Crippen LogP contribution is 2.25. The molecule has 1 heterocycles. The number of ether oxygens (including phenoxy) is 2. The van der Waals surface area contributed by atoms with E-state index in [1.165, 1.54) is 11.7 Å². The number of aliphatic hydroxyl groups is 2.